The van der Waals surface area contributed by atoms with E-state index < -0.39 is 23.3 Å². The molecule has 0 amide bonds. The third-order valence-electron chi connectivity index (χ3n) is 8.85. The number of carbonyl (C=O) groups is 1. The first-order valence-electron chi connectivity index (χ1n) is 16.4. The van der Waals surface area contributed by atoms with Gasteiger partial charge in [0.15, 0.2) is 0 Å². The van der Waals surface area contributed by atoms with E-state index in [0.29, 0.717) is 43.7 Å². The fraction of sp³-hybridized carbons (Fsp3) is 0.359. The molecule has 6 nitrogen and oxygen atoms in total. The van der Waals surface area contributed by atoms with Crippen molar-refractivity contribution in [2.75, 3.05) is 0 Å². The van der Waals surface area contributed by atoms with Gasteiger partial charge in [0, 0.05) is 57.2 Å². The highest BCUT2D eigenvalue weighted by Crippen LogP contribution is 2.45. The van der Waals surface area contributed by atoms with Gasteiger partial charge in [0.1, 0.15) is 18.1 Å². The topological polar surface area (TPSA) is 77.2 Å². The molecule has 0 saturated carbocycles. The van der Waals surface area contributed by atoms with E-state index in [0.717, 1.165) is 49.9 Å². The number of carboxylic acid groups (broad SMARTS) is 1. The van der Waals surface area contributed by atoms with Gasteiger partial charge in [0.2, 0.25) is 0 Å². The molecule has 2 aromatic carbocycles. The number of pyridine rings is 2. The quantitative estimate of drug-likeness (QED) is 0.131. The minimum Gasteiger partial charge on any atom is -0.487 e. The van der Waals surface area contributed by atoms with Crippen molar-refractivity contribution in [3.05, 3.63) is 107 Å². The predicted molar refractivity (Wildman–Crippen MR) is 189 cm³/mol. The van der Waals surface area contributed by atoms with Crippen LogP contribution in [0.3, 0.4) is 0 Å². The molecule has 49 heavy (non-hydrogen) atoms. The van der Waals surface area contributed by atoms with Crippen LogP contribution in [0.15, 0.2) is 84.0 Å². The first-order valence-corrected chi connectivity index (χ1v) is 17.2. The molecule has 0 bridgehead atoms. The zero-order valence-corrected chi connectivity index (χ0v) is 29.5. The second-order valence-corrected chi connectivity index (χ2v) is 15.3. The maximum Gasteiger partial charge on any atom is 0.433 e. The summed E-state index contributed by atoms with van der Waals surface area (Å²) in [6.45, 7) is 13.1. The van der Waals surface area contributed by atoms with Crippen LogP contribution in [0.4, 0.5) is 13.2 Å². The van der Waals surface area contributed by atoms with Crippen molar-refractivity contribution in [1.82, 2.24) is 14.5 Å². The number of hydrogen-bond acceptors (Lipinski definition) is 5. The fourth-order valence-corrected chi connectivity index (χ4v) is 7.07. The SMILES string of the molecule is CCC(CC)(Cc1c(SC(C)(C)C)c2cc(OCc3ccc(C)cn3)ccc2n1Cc1ccc(-c2ccc(C(F)(F)F)nc2)cc1)C(=O)O. The van der Waals surface area contributed by atoms with Gasteiger partial charge in [-0.25, -0.2) is 0 Å². The Morgan fingerprint density at radius 1 is 0.898 bits per heavy atom. The van der Waals surface area contributed by atoms with E-state index in [1.54, 1.807) is 11.8 Å². The molecule has 3 heterocycles. The second kappa shape index (κ2) is 14.3. The molecule has 3 aromatic heterocycles. The molecule has 0 spiro atoms. The van der Waals surface area contributed by atoms with E-state index in [1.165, 1.54) is 12.3 Å². The van der Waals surface area contributed by atoms with Crippen LogP contribution in [0.25, 0.3) is 22.0 Å². The van der Waals surface area contributed by atoms with Crippen LogP contribution in [-0.2, 0) is 30.5 Å². The van der Waals surface area contributed by atoms with Gasteiger partial charge >= 0.3 is 12.1 Å². The van der Waals surface area contributed by atoms with E-state index in [4.69, 9.17) is 4.74 Å². The van der Waals surface area contributed by atoms with Crippen LogP contribution in [0.1, 0.15) is 75.7 Å². The van der Waals surface area contributed by atoms with Crippen molar-refractivity contribution < 1.29 is 27.8 Å². The summed E-state index contributed by atoms with van der Waals surface area (Å²) in [7, 11) is 0. The highest BCUT2D eigenvalue weighted by atomic mass is 32.2. The molecule has 10 heteroatoms. The Morgan fingerprint density at radius 2 is 1.59 bits per heavy atom. The van der Waals surface area contributed by atoms with Gasteiger partial charge in [-0.15, -0.1) is 11.8 Å². The molecule has 258 valence electrons. The van der Waals surface area contributed by atoms with Crippen molar-refractivity contribution in [3.8, 4) is 16.9 Å². The van der Waals surface area contributed by atoms with Gasteiger partial charge in [-0.2, -0.15) is 13.2 Å². The normalized spacial score (nSPS) is 12.4. The summed E-state index contributed by atoms with van der Waals surface area (Å²) in [6.07, 6.45) is -0.137. The number of nitrogens with zero attached hydrogens (tertiary/aromatic N) is 3. The second-order valence-electron chi connectivity index (χ2n) is 13.5. The molecule has 5 aromatic rings. The van der Waals surface area contributed by atoms with Crippen molar-refractivity contribution >= 4 is 28.6 Å². The van der Waals surface area contributed by atoms with Gasteiger partial charge < -0.3 is 14.4 Å². The molecule has 1 N–H and O–H groups in total. The molecule has 0 saturated heterocycles. The number of alkyl halides is 3. The Bertz CT molecular complexity index is 1910. The number of benzene rings is 2. The number of halogens is 3. The minimum absolute atomic E-state index is 0.168. The molecule has 0 unspecified atom stereocenters. The van der Waals surface area contributed by atoms with Gasteiger partial charge in [-0.1, -0.05) is 71.0 Å². The lowest BCUT2D eigenvalue weighted by Gasteiger charge is -2.29. The minimum atomic E-state index is -4.50. The average molecular weight is 690 g/mol. The maximum absolute atomic E-state index is 13.0. The molecule has 0 aliphatic carbocycles. The maximum atomic E-state index is 13.0. The fourth-order valence-electron chi connectivity index (χ4n) is 5.88. The first kappa shape index (κ1) is 36.0. The molecule has 0 aliphatic rings. The van der Waals surface area contributed by atoms with E-state index in [9.17, 15) is 23.1 Å². The monoisotopic (exact) mass is 689 g/mol. The highest BCUT2D eigenvalue weighted by molar-refractivity contribution is 8.00. The van der Waals surface area contributed by atoms with Crippen LogP contribution in [-0.4, -0.2) is 30.4 Å². The molecular formula is C39H42F3N3O3S. The van der Waals surface area contributed by atoms with E-state index in [-0.39, 0.29) is 4.75 Å². The number of aliphatic carboxylic acids is 1. The van der Waals surface area contributed by atoms with Gasteiger partial charge in [0.25, 0.3) is 0 Å². The average Bonchev–Trinajstić information content (AvgIpc) is 3.32. The van der Waals surface area contributed by atoms with Crippen LogP contribution in [0, 0.1) is 12.3 Å². The van der Waals surface area contributed by atoms with Crippen molar-refractivity contribution in [2.45, 2.75) is 89.8 Å². The lowest BCUT2D eigenvalue weighted by Crippen LogP contribution is -2.33. The van der Waals surface area contributed by atoms with Crippen molar-refractivity contribution in [3.63, 3.8) is 0 Å². The molecule has 0 fully saturated rings. The third kappa shape index (κ3) is 8.29. The summed E-state index contributed by atoms with van der Waals surface area (Å²) in [5, 5.41) is 11.5. The Balaban J connectivity index is 1.58. The number of aryl methyl sites for hydroxylation is 1. The van der Waals surface area contributed by atoms with Crippen LogP contribution >= 0.6 is 11.8 Å². The highest BCUT2D eigenvalue weighted by Gasteiger charge is 2.38. The summed E-state index contributed by atoms with van der Waals surface area (Å²) < 4.78 is 47.4. The molecule has 0 aliphatic heterocycles. The number of fused-ring (bicyclic) bond motifs is 1. The number of thioether (sulfide) groups is 1. The smallest absolute Gasteiger partial charge is 0.433 e. The number of carboxylic acids is 1. The van der Waals surface area contributed by atoms with Crippen LogP contribution < -0.4 is 4.74 Å². The van der Waals surface area contributed by atoms with Crippen LogP contribution in [0.2, 0.25) is 0 Å². The molecule has 0 atom stereocenters. The summed E-state index contributed by atoms with van der Waals surface area (Å²) in [5.74, 6) is -0.121. The Hall–Kier alpha value is -4.31. The number of aromatic nitrogens is 3. The lowest BCUT2D eigenvalue weighted by molar-refractivity contribution is -0.149. The van der Waals surface area contributed by atoms with E-state index in [2.05, 4.69) is 35.3 Å². The van der Waals surface area contributed by atoms with Gasteiger partial charge in [-0.05, 0) is 66.8 Å². The zero-order chi connectivity index (χ0) is 35.6. The lowest BCUT2D eigenvalue weighted by atomic mass is 9.78. The number of rotatable bonds is 12. The van der Waals surface area contributed by atoms with Crippen molar-refractivity contribution in [1.29, 1.82) is 0 Å². The van der Waals surface area contributed by atoms with Gasteiger partial charge in [-0.3, -0.25) is 14.8 Å². The molecule has 5 rings (SSSR count). The largest absolute Gasteiger partial charge is 0.487 e. The van der Waals surface area contributed by atoms with E-state index in [1.807, 2.05) is 81.6 Å². The molecular weight excluding hydrogens is 648 g/mol. The summed E-state index contributed by atoms with van der Waals surface area (Å²) in [6, 6.07) is 20.0. The standard InChI is InChI=1S/C39H42F3N3O3S/c1-7-38(8-2,36(46)47)20-33-35(49-37(4,5)6)31-19-30(48-24-29-15-9-25(3)21-43-29)16-17-32(31)45(33)23-26-10-12-27(13-11-26)28-14-18-34(44-22-28)39(40,41)42/h9-19,21-22H,7-8,20,23-24H2,1-6H3,(H,46,47). The number of ether oxygens (including phenoxy) is 1. The Morgan fingerprint density at radius 3 is 2.14 bits per heavy atom. The third-order valence-corrected chi connectivity index (χ3v) is 10.1. The van der Waals surface area contributed by atoms with E-state index >= 15 is 0 Å². The summed E-state index contributed by atoms with van der Waals surface area (Å²) in [5.41, 5.74) is 4.23. The van der Waals surface area contributed by atoms with Crippen molar-refractivity contribution in [2.24, 2.45) is 5.41 Å². The Kier molecular flexibility index (Phi) is 10.5. The first-order chi connectivity index (χ1) is 23.1. The summed E-state index contributed by atoms with van der Waals surface area (Å²) in [4.78, 5) is 21.9. The predicted octanol–water partition coefficient (Wildman–Crippen LogP) is 10.4. The van der Waals surface area contributed by atoms with Gasteiger partial charge in [0.05, 0.1) is 11.1 Å². The Labute approximate surface area is 289 Å². The molecule has 0 radical (unpaired) electrons. The number of hydrogen-bond donors (Lipinski definition) is 1. The summed E-state index contributed by atoms with van der Waals surface area (Å²) >= 11 is 1.72. The zero-order valence-electron chi connectivity index (χ0n) is 28.7. The van der Waals surface area contributed by atoms with Crippen LogP contribution in [0.5, 0.6) is 5.75 Å².